The van der Waals surface area contributed by atoms with E-state index in [4.69, 9.17) is 11.6 Å². The van der Waals surface area contributed by atoms with E-state index in [0.717, 1.165) is 28.8 Å². The summed E-state index contributed by atoms with van der Waals surface area (Å²) in [7, 11) is 0. The lowest BCUT2D eigenvalue weighted by molar-refractivity contribution is -0.121. The molecule has 0 radical (unpaired) electrons. The number of aromatic amines is 1. The van der Waals surface area contributed by atoms with Gasteiger partial charge >= 0.3 is 0 Å². The first-order chi connectivity index (χ1) is 13.1. The Morgan fingerprint density at radius 1 is 1.30 bits per heavy atom. The Kier molecular flexibility index (Phi) is 3.75. The number of aromatic nitrogens is 4. The SMILES string of the molecule is Cc1cnccc1-c1cc(N2C(=O)[C@H](Cc3ccc(Cl)nc3)[C@@H]3C[C@@H]32)n[nH]1. The van der Waals surface area contributed by atoms with Crippen molar-refractivity contribution >= 4 is 23.3 Å². The first kappa shape index (κ1) is 16.4. The highest BCUT2D eigenvalue weighted by Crippen LogP contribution is 2.51. The number of carbonyl (C=O) groups is 1. The van der Waals surface area contributed by atoms with Gasteiger partial charge in [-0.25, -0.2) is 4.98 Å². The minimum atomic E-state index is -0.0132. The molecular weight excluding hydrogens is 362 g/mol. The van der Waals surface area contributed by atoms with Crippen molar-refractivity contribution in [3.8, 4) is 11.3 Å². The second-order valence-corrected chi connectivity index (χ2v) is 7.69. The molecule has 2 fully saturated rings. The molecule has 1 amide bonds. The molecule has 1 aliphatic heterocycles. The molecule has 0 unspecified atom stereocenters. The standard InChI is InChI=1S/C20H18ClN5O/c1-11-9-22-5-4-13(11)16-8-19(25-24-16)26-17-7-14(17)15(20(26)27)6-12-2-3-18(21)23-10-12/h2-5,8-10,14-15,17H,6-7H2,1H3,(H,24,25)/t14-,15+,17-/m0/s1. The Hall–Kier alpha value is -2.73. The lowest BCUT2D eigenvalue weighted by atomic mass is 9.96. The zero-order chi connectivity index (χ0) is 18.5. The van der Waals surface area contributed by atoms with E-state index in [9.17, 15) is 4.79 Å². The van der Waals surface area contributed by atoms with Crippen LogP contribution in [0, 0.1) is 18.8 Å². The molecule has 3 aromatic rings. The molecule has 1 saturated carbocycles. The maximum absolute atomic E-state index is 13.0. The molecule has 27 heavy (non-hydrogen) atoms. The Bertz CT molecular complexity index is 1020. The molecule has 1 saturated heterocycles. The summed E-state index contributed by atoms with van der Waals surface area (Å²) in [5.74, 6) is 1.24. The fraction of sp³-hybridized carbons (Fsp3) is 0.300. The van der Waals surface area contributed by atoms with Crippen LogP contribution in [0.1, 0.15) is 17.5 Å². The van der Waals surface area contributed by atoms with Crippen molar-refractivity contribution in [1.29, 1.82) is 0 Å². The van der Waals surface area contributed by atoms with Crippen molar-refractivity contribution in [3.05, 3.63) is 59.1 Å². The van der Waals surface area contributed by atoms with E-state index in [1.165, 1.54) is 0 Å². The minimum Gasteiger partial charge on any atom is -0.292 e. The van der Waals surface area contributed by atoms with Crippen molar-refractivity contribution in [3.63, 3.8) is 0 Å². The molecule has 3 aromatic heterocycles. The van der Waals surface area contributed by atoms with Crippen LogP contribution in [0.15, 0.2) is 42.9 Å². The van der Waals surface area contributed by atoms with Gasteiger partial charge in [0.2, 0.25) is 5.91 Å². The molecule has 0 aromatic carbocycles. The molecule has 7 heteroatoms. The molecule has 0 spiro atoms. The summed E-state index contributed by atoms with van der Waals surface area (Å²) < 4.78 is 0. The molecule has 2 aliphatic rings. The van der Waals surface area contributed by atoms with Gasteiger partial charge in [-0.05, 0) is 48.9 Å². The van der Waals surface area contributed by atoms with Crippen LogP contribution >= 0.6 is 11.6 Å². The van der Waals surface area contributed by atoms with Crippen molar-refractivity contribution in [2.75, 3.05) is 4.90 Å². The smallest absolute Gasteiger partial charge is 0.232 e. The predicted molar refractivity (Wildman–Crippen MR) is 102 cm³/mol. The first-order valence-electron chi connectivity index (χ1n) is 9.01. The van der Waals surface area contributed by atoms with Gasteiger partial charge in [0.1, 0.15) is 5.15 Å². The number of halogens is 1. The number of anilines is 1. The number of H-pyrrole nitrogens is 1. The maximum atomic E-state index is 13.0. The zero-order valence-corrected chi connectivity index (χ0v) is 15.5. The third-order valence-corrected chi connectivity index (χ3v) is 5.80. The summed E-state index contributed by atoms with van der Waals surface area (Å²) in [5.41, 5.74) is 4.06. The Labute approximate surface area is 161 Å². The third kappa shape index (κ3) is 2.80. The molecule has 1 N–H and O–H groups in total. The van der Waals surface area contributed by atoms with Gasteiger partial charge in [0.25, 0.3) is 0 Å². The van der Waals surface area contributed by atoms with Crippen molar-refractivity contribution in [2.45, 2.75) is 25.8 Å². The summed E-state index contributed by atoms with van der Waals surface area (Å²) in [6.45, 7) is 2.01. The van der Waals surface area contributed by atoms with Crippen LogP contribution < -0.4 is 4.90 Å². The first-order valence-corrected chi connectivity index (χ1v) is 9.39. The van der Waals surface area contributed by atoms with Gasteiger partial charge in [-0.15, -0.1) is 0 Å². The average Bonchev–Trinajstić information content (AvgIpc) is 3.18. The van der Waals surface area contributed by atoms with E-state index in [1.807, 2.05) is 36.2 Å². The second kappa shape index (κ2) is 6.16. The van der Waals surface area contributed by atoms with Crippen molar-refractivity contribution in [1.82, 2.24) is 20.2 Å². The molecular formula is C20H18ClN5O. The number of amides is 1. The lowest BCUT2D eigenvalue weighted by Gasteiger charge is -2.18. The third-order valence-electron chi connectivity index (χ3n) is 5.57. The van der Waals surface area contributed by atoms with Gasteiger partial charge in [0, 0.05) is 42.2 Å². The van der Waals surface area contributed by atoms with Gasteiger partial charge in [0.15, 0.2) is 5.82 Å². The molecule has 3 atom stereocenters. The van der Waals surface area contributed by atoms with E-state index in [2.05, 4.69) is 20.2 Å². The number of piperidine rings is 1. The van der Waals surface area contributed by atoms with E-state index in [-0.39, 0.29) is 17.9 Å². The Balaban J connectivity index is 1.39. The summed E-state index contributed by atoms with van der Waals surface area (Å²) in [6.07, 6.45) is 7.07. The van der Waals surface area contributed by atoms with Crippen molar-refractivity contribution < 1.29 is 4.79 Å². The normalized spacial score (nSPS) is 23.6. The van der Waals surface area contributed by atoms with Crippen molar-refractivity contribution in [2.24, 2.45) is 11.8 Å². The highest BCUT2D eigenvalue weighted by atomic mass is 35.5. The summed E-state index contributed by atoms with van der Waals surface area (Å²) >= 11 is 5.86. The predicted octanol–water partition coefficient (Wildman–Crippen LogP) is 3.42. The van der Waals surface area contributed by atoms with E-state index >= 15 is 0 Å². The quantitative estimate of drug-likeness (QED) is 0.705. The van der Waals surface area contributed by atoms with E-state index in [0.29, 0.717) is 23.3 Å². The number of hydrogen-bond donors (Lipinski definition) is 1. The van der Waals surface area contributed by atoms with Crippen LogP contribution in [0.25, 0.3) is 11.3 Å². The second-order valence-electron chi connectivity index (χ2n) is 7.31. The number of nitrogens with zero attached hydrogens (tertiary/aromatic N) is 4. The summed E-state index contributed by atoms with van der Waals surface area (Å²) in [4.78, 5) is 23.2. The number of pyridine rings is 2. The zero-order valence-electron chi connectivity index (χ0n) is 14.8. The van der Waals surface area contributed by atoms with Gasteiger partial charge in [-0.1, -0.05) is 17.7 Å². The molecule has 136 valence electrons. The Morgan fingerprint density at radius 3 is 2.96 bits per heavy atom. The largest absolute Gasteiger partial charge is 0.292 e. The van der Waals surface area contributed by atoms with Gasteiger partial charge in [-0.2, -0.15) is 5.10 Å². The van der Waals surface area contributed by atoms with Gasteiger partial charge < -0.3 is 0 Å². The molecule has 6 nitrogen and oxygen atoms in total. The van der Waals surface area contributed by atoms with E-state index < -0.39 is 0 Å². The highest BCUT2D eigenvalue weighted by Gasteiger charge is 2.59. The highest BCUT2D eigenvalue weighted by molar-refractivity contribution is 6.29. The minimum absolute atomic E-state index is 0.0132. The number of hydrogen-bond acceptors (Lipinski definition) is 4. The fourth-order valence-electron chi connectivity index (χ4n) is 4.11. The monoisotopic (exact) mass is 379 g/mol. The number of fused-ring (bicyclic) bond motifs is 1. The fourth-order valence-corrected chi connectivity index (χ4v) is 4.22. The Morgan fingerprint density at radius 2 is 2.19 bits per heavy atom. The summed E-state index contributed by atoms with van der Waals surface area (Å²) in [5, 5.41) is 7.97. The van der Waals surface area contributed by atoms with Gasteiger partial charge in [0.05, 0.1) is 5.69 Å². The van der Waals surface area contributed by atoms with Crippen LogP contribution in [0.3, 0.4) is 0 Å². The van der Waals surface area contributed by atoms with Crippen LogP contribution in [0.4, 0.5) is 5.82 Å². The lowest BCUT2D eigenvalue weighted by Crippen LogP contribution is -2.32. The molecule has 5 rings (SSSR count). The van der Waals surface area contributed by atoms with Crippen LogP contribution in [-0.2, 0) is 11.2 Å². The van der Waals surface area contributed by atoms with Crippen LogP contribution in [0.2, 0.25) is 5.15 Å². The topological polar surface area (TPSA) is 74.8 Å². The molecule has 4 heterocycles. The van der Waals surface area contributed by atoms with Gasteiger partial charge in [-0.3, -0.25) is 19.8 Å². The number of rotatable bonds is 4. The van der Waals surface area contributed by atoms with Crippen LogP contribution in [-0.4, -0.2) is 32.1 Å². The number of carbonyl (C=O) groups excluding carboxylic acids is 1. The van der Waals surface area contributed by atoms with Crippen LogP contribution in [0.5, 0.6) is 0 Å². The molecule has 0 bridgehead atoms. The number of nitrogens with one attached hydrogen (secondary N) is 1. The summed E-state index contributed by atoms with van der Waals surface area (Å²) in [6, 6.07) is 7.89. The molecule has 1 aliphatic carbocycles. The average molecular weight is 380 g/mol. The van der Waals surface area contributed by atoms with E-state index in [1.54, 1.807) is 18.5 Å². The number of aryl methyl sites for hydroxylation is 1. The maximum Gasteiger partial charge on any atom is 0.232 e.